The zero-order valence-electron chi connectivity index (χ0n) is 17.0. The molecule has 0 bridgehead atoms. The lowest BCUT2D eigenvalue weighted by atomic mass is 9.87. The normalized spacial score (nSPS) is 11.9. The first-order valence-electron chi connectivity index (χ1n) is 9.59. The minimum Gasteiger partial charge on any atom is -0.310 e. The standard InChI is InChI=1S/C22H24ClN5S/c1-5-27-14-15(13-24-27)19-12-20-18(23)10-11-21(28(20)25-19)26-29-17-8-6-16(7-9-17)22(2,3)4/h6-14,26H,5H2,1-4H3. The first-order valence-corrected chi connectivity index (χ1v) is 10.8. The number of aryl methyl sites for hydroxylation is 1. The van der Waals surface area contributed by atoms with Gasteiger partial charge in [-0.05, 0) is 60.2 Å². The smallest absolute Gasteiger partial charge is 0.138 e. The predicted octanol–water partition coefficient (Wildman–Crippen LogP) is 6.29. The molecule has 0 atom stereocenters. The van der Waals surface area contributed by atoms with Crippen molar-refractivity contribution in [2.45, 2.75) is 44.6 Å². The average Bonchev–Trinajstić information content (AvgIpc) is 3.34. The maximum Gasteiger partial charge on any atom is 0.138 e. The van der Waals surface area contributed by atoms with Crippen LogP contribution in [0.15, 0.2) is 59.8 Å². The maximum absolute atomic E-state index is 6.42. The molecule has 4 rings (SSSR count). The van der Waals surface area contributed by atoms with Crippen molar-refractivity contribution in [2.75, 3.05) is 4.72 Å². The highest BCUT2D eigenvalue weighted by molar-refractivity contribution is 8.00. The molecule has 7 heteroatoms. The molecule has 5 nitrogen and oxygen atoms in total. The summed E-state index contributed by atoms with van der Waals surface area (Å²) in [5.74, 6) is 0.864. The first-order chi connectivity index (χ1) is 13.8. The number of fused-ring (bicyclic) bond motifs is 1. The Morgan fingerprint density at radius 2 is 1.86 bits per heavy atom. The van der Waals surface area contributed by atoms with Gasteiger partial charge in [0.2, 0.25) is 0 Å². The van der Waals surface area contributed by atoms with Crippen LogP contribution in [0.5, 0.6) is 0 Å². The third-order valence-corrected chi connectivity index (χ3v) is 5.96. The van der Waals surface area contributed by atoms with Crippen molar-refractivity contribution in [3.05, 3.63) is 65.4 Å². The molecule has 3 aromatic heterocycles. The van der Waals surface area contributed by atoms with Crippen LogP contribution in [-0.4, -0.2) is 19.4 Å². The van der Waals surface area contributed by atoms with Crippen LogP contribution in [0.2, 0.25) is 5.02 Å². The molecule has 0 aliphatic rings. The van der Waals surface area contributed by atoms with Gasteiger partial charge in [-0.1, -0.05) is 44.5 Å². The minimum atomic E-state index is 0.149. The summed E-state index contributed by atoms with van der Waals surface area (Å²) in [6.07, 6.45) is 3.83. The van der Waals surface area contributed by atoms with Gasteiger partial charge >= 0.3 is 0 Å². The Morgan fingerprint density at radius 1 is 1.10 bits per heavy atom. The van der Waals surface area contributed by atoms with Gasteiger partial charge in [-0.25, -0.2) is 4.52 Å². The van der Waals surface area contributed by atoms with E-state index in [-0.39, 0.29) is 5.41 Å². The molecule has 150 valence electrons. The quantitative estimate of drug-likeness (QED) is 0.382. The largest absolute Gasteiger partial charge is 0.310 e. The van der Waals surface area contributed by atoms with Crippen molar-refractivity contribution in [1.82, 2.24) is 19.4 Å². The van der Waals surface area contributed by atoms with Crippen LogP contribution in [0.25, 0.3) is 16.8 Å². The van der Waals surface area contributed by atoms with Crippen LogP contribution in [-0.2, 0) is 12.0 Å². The summed E-state index contributed by atoms with van der Waals surface area (Å²) < 4.78 is 7.14. The average molecular weight is 426 g/mol. The molecular weight excluding hydrogens is 402 g/mol. The van der Waals surface area contributed by atoms with Crippen LogP contribution >= 0.6 is 23.5 Å². The molecule has 1 N–H and O–H groups in total. The Morgan fingerprint density at radius 3 is 2.52 bits per heavy atom. The Kier molecular flexibility index (Phi) is 5.32. The van der Waals surface area contributed by atoms with Gasteiger partial charge in [-0.15, -0.1) is 0 Å². The second-order valence-electron chi connectivity index (χ2n) is 7.96. The zero-order chi connectivity index (χ0) is 20.6. The molecule has 0 aliphatic heterocycles. The topological polar surface area (TPSA) is 47.2 Å². The second-order valence-corrected chi connectivity index (χ2v) is 9.24. The van der Waals surface area contributed by atoms with Gasteiger partial charge in [0, 0.05) is 23.2 Å². The van der Waals surface area contributed by atoms with E-state index in [2.05, 4.69) is 61.8 Å². The molecule has 0 unspecified atom stereocenters. The highest BCUT2D eigenvalue weighted by Gasteiger charge is 2.14. The van der Waals surface area contributed by atoms with Crippen LogP contribution in [0.3, 0.4) is 0 Å². The van der Waals surface area contributed by atoms with E-state index in [9.17, 15) is 0 Å². The van der Waals surface area contributed by atoms with Crippen molar-refractivity contribution in [2.24, 2.45) is 0 Å². The molecule has 0 radical (unpaired) electrons. The van der Waals surface area contributed by atoms with Crippen molar-refractivity contribution in [1.29, 1.82) is 0 Å². The summed E-state index contributed by atoms with van der Waals surface area (Å²) >= 11 is 7.98. The van der Waals surface area contributed by atoms with Crippen molar-refractivity contribution >= 4 is 34.9 Å². The summed E-state index contributed by atoms with van der Waals surface area (Å²) in [6.45, 7) is 9.54. The third-order valence-electron chi connectivity index (χ3n) is 4.82. The van der Waals surface area contributed by atoms with E-state index in [1.165, 1.54) is 5.56 Å². The molecule has 0 amide bonds. The molecule has 0 spiro atoms. The van der Waals surface area contributed by atoms with Gasteiger partial charge < -0.3 is 4.72 Å². The van der Waals surface area contributed by atoms with Gasteiger partial charge in [0.05, 0.1) is 22.4 Å². The number of hydrogen-bond acceptors (Lipinski definition) is 4. The molecule has 3 heterocycles. The number of aromatic nitrogens is 4. The Hall–Kier alpha value is -2.44. The number of nitrogens with one attached hydrogen (secondary N) is 1. The highest BCUT2D eigenvalue weighted by Crippen LogP contribution is 2.30. The van der Waals surface area contributed by atoms with Crippen LogP contribution in [0.4, 0.5) is 5.82 Å². The Labute approximate surface area is 180 Å². The molecule has 1 aromatic carbocycles. The van der Waals surface area contributed by atoms with Crippen molar-refractivity contribution in [3.8, 4) is 11.3 Å². The summed E-state index contributed by atoms with van der Waals surface area (Å²) in [6, 6.07) is 14.5. The molecule has 0 fully saturated rings. The van der Waals surface area contributed by atoms with Gasteiger partial charge in [0.25, 0.3) is 0 Å². The summed E-state index contributed by atoms with van der Waals surface area (Å²) in [7, 11) is 0. The number of halogens is 1. The number of pyridine rings is 1. The molecular formula is C22H24ClN5S. The van der Waals surface area contributed by atoms with E-state index in [1.807, 2.05) is 39.8 Å². The van der Waals surface area contributed by atoms with E-state index in [0.29, 0.717) is 5.02 Å². The number of benzene rings is 1. The number of anilines is 1. The van der Waals surface area contributed by atoms with Crippen molar-refractivity contribution in [3.63, 3.8) is 0 Å². The number of rotatable bonds is 5. The SMILES string of the molecule is CCn1cc(-c2cc3c(Cl)ccc(NSc4ccc(C(C)(C)C)cc4)n3n2)cn1. The number of hydrogen-bond donors (Lipinski definition) is 1. The van der Waals surface area contributed by atoms with E-state index in [4.69, 9.17) is 16.7 Å². The minimum absolute atomic E-state index is 0.149. The van der Waals surface area contributed by atoms with Crippen LogP contribution < -0.4 is 4.72 Å². The second kappa shape index (κ2) is 7.76. The predicted molar refractivity (Wildman–Crippen MR) is 122 cm³/mol. The van der Waals surface area contributed by atoms with Crippen LogP contribution in [0.1, 0.15) is 33.3 Å². The summed E-state index contributed by atoms with van der Waals surface area (Å²) in [4.78, 5) is 1.14. The van der Waals surface area contributed by atoms with E-state index in [1.54, 1.807) is 11.9 Å². The van der Waals surface area contributed by atoms with E-state index in [0.717, 1.165) is 34.0 Å². The lowest BCUT2D eigenvalue weighted by molar-refractivity contribution is 0.590. The monoisotopic (exact) mass is 425 g/mol. The maximum atomic E-state index is 6.42. The Bertz CT molecular complexity index is 1140. The fraction of sp³-hybridized carbons (Fsp3) is 0.273. The lowest BCUT2D eigenvalue weighted by Crippen LogP contribution is -2.10. The van der Waals surface area contributed by atoms with E-state index >= 15 is 0 Å². The van der Waals surface area contributed by atoms with E-state index < -0.39 is 0 Å². The number of nitrogens with zero attached hydrogens (tertiary/aromatic N) is 4. The summed E-state index contributed by atoms with van der Waals surface area (Å²) in [5, 5.41) is 9.76. The first kappa shape index (κ1) is 19.9. The highest BCUT2D eigenvalue weighted by atomic mass is 35.5. The van der Waals surface area contributed by atoms with Gasteiger partial charge in [0.1, 0.15) is 5.82 Å². The zero-order valence-corrected chi connectivity index (χ0v) is 18.6. The van der Waals surface area contributed by atoms with Crippen LogP contribution in [0, 0.1) is 0 Å². The lowest BCUT2D eigenvalue weighted by Gasteiger charge is -2.19. The fourth-order valence-corrected chi connectivity index (χ4v) is 3.91. The Balaban J connectivity index is 1.60. The molecule has 29 heavy (non-hydrogen) atoms. The molecule has 0 saturated heterocycles. The summed E-state index contributed by atoms with van der Waals surface area (Å²) in [5.41, 5.74) is 4.15. The molecule has 0 aliphatic carbocycles. The van der Waals surface area contributed by atoms with Crippen molar-refractivity contribution < 1.29 is 0 Å². The van der Waals surface area contributed by atoms with Gasteiger partial charge in [0.15, 0.2) is 0 Å². The molecule has 0 saturated carbocycles. The van der Waals surface area contributed by atoms with Gasteiger partial charge in [-0.2, -0.15) is 10.2 Å². The molecule has 4 aromatic rings. The fourth-order valence-electron chi connectivity index (χ4n) is 3.06. The van der Waals surface area contributed by atoms with Gasteiger partial charge in [-0.3, -0.25) is 4.68 Å². The third kappa shape index (κ3) is 4.14.